The minimum Gasteiger partial charge on any atom is -0.335 e. The number of thiol groups is 1. The highest BCUT2D eigenvalue weighted by Crippen LogP contribution is 2.06. The molecule has 0 radical (unpaired) electrons. The maximum absolute atomic E-state index is 12.1. The molecule has 1 aromatic heterocycles. The average Bonchev–Trinajstić information content (AvgIpc) is 2.40. The summed E-state index contributed by atoms with van der Waals surface area (Å²) >= 11 is 4.22. The van der Waals surface area contributed by atoms with Crippen molar-refractivity contribution in [3.63, 3.8) is 0 Å². The van der Waals surface area contributed by atoms with Crippen LogP contribution in [-0.4, -0.2) is 59.2 Å². The number of hydrogen-bond donors (Lipinski definition) is 1. The van der Waals surface area contributed by atoms with Crippen LogP contribution in [0.1, 0.15) is 10.5 Å². The van der Waals surface area contributed by atoms with E-state index >= 15 is 0 Å². The Hall–Kier alpha value is -1.07. The van der Waals surface area contributed by atoms with Crippen molar-refractivity contribution in [3.8, 4) is 0 Å². The van der Waals surface area contributed by atoms with E-state index in [0.717, 1.165) is 38.5 Å². The van der Waals surface area contributed by atoms with Gasteiger partial charge in [-0.1, -0.05) is 6.07 Å². The van der Waals surface area contributed by atoms with Gasteiger partial charge in [0.05, 0.1) is 0 Å². The summed E-state index contributed by atoms with van der Waals surface area (Å²) in [5.74, 6) is 0.907. The van der Waals surface area contributed by atoms with Crippen molar-refractivity contribution >= 4 is 18.5 Å². The summed E-state index contributed by atoms with van der Waals surface area (Å²) in [4.78, 5) is 20.4. The molecule has 1 fully saturated rings. The van der Waals surface area contributed by atoms with Gasteiger partial charge in [0.2, 0.25) is 0 Å². The summed E-state index contributed by atoms with van der Waals surface area (Å²) in [5, 5.41) is 0. The number of hydrogen-bond acceptors (Lipinski definition) is 4. The highest BCUT2D eigenvalue weighted by atomic mass is 32.1. The van der Waals surface area contributed by atoms with E-state index in [1.165, 1.54) is 0 Å². The van der Waals surface area contributed by atoms with Gasteiger partial charge in [-0.05, 0) is 12.1 Å². The third kappa shape index (κ3) is 3.20. The van der Waals surface area contributed by atoms with Gasteiger partial charge in [-0.2, -0.15) is 12.6 Å². The number of nitrogens with zero attached hydrogens (tertiary/aromatic N) is 3. The van der Waals surface area contributed by atoms with Crippen LogP contribution in [0.2, 0.25) is 0 Å². The molecule has 0 aromatic carbocycles. The van der Waals surface area contributed by atoms with Crippen molar-refractivity contribution in [2.75, 3.05) is 38.5 Å². The number of aromatic nitrogens is 1. The number of carbonyl (C=O) groups excluding carboxylic acids is 1. The molecule has 0 aliphatic carbocycles. The third-order valence-corrected chi connectivity index (χ3v) is 3.16. The lowest BCUT2D eigenvalue weighted by Gasteiger charge is -2.34. The second-order valence-electron chi connectivity index (χ2n) is 4.07. The Balaban J connectivity index is 1.91. The fourth-order valence-corrected chi connectivity index (χ4v) is 2.25. The number of rotatable bonds is 3. The Morgan fingerprint density at radius 2 is 2.06 bits per heavy atom. The molecule has 1 amide bonds. The maximum Gasteiger partial charge on any atom is 0.272 e. The van der Waals surface area contributed by atoms with Crippen molar-refractivity contribution in [2.45, 2.75) is 0 Å². The van der Waals surface area contributed by atoms with E-state index < -0.39 is 0 Å². The smallest absolute Gasteiger partial charge is 0.272 e. The van der Waals surface area contributed by atoms with Crippen molar-refractivity contribution in [2.24, 2.45) is 0 Å². The summed E-state index contributed by atoms with van der Waals surface area (Å²) in [6, 6.07) is 5.43. The third-order valence-electron chi connectivity index (χ3n) is 2.96. The van der Waals surface area contributed by atoms with Crippen LogP contribution in [0.25, 0.3) is 0 Å². The molecular weight excluding hydrogens is 234 g/mol. The van der Waals surface area contributed by atoms with Crippen LogP contribution in [0.5, 0.6) is 0 Å². The highest BCUT2D eigenvalue weighted by molar-refractivity contribution is 7.80. The number of piperazine rings is 1. The first-order valence-corrected chi connectivity index (χ1v) is 6.48. The standard InChI is InChI=1S/C12H17N3OS/c16-12(11-3-1-2-4-13-11)15-7-5-14(6-8-15)9-10-17/h1-4,17H,5-10H2. The van der Waals surface area contributed by atoms with Crippen molar-refractivity contribution in [1.82, 2.24) is 14.8 Å². The van der Waals surface area contributed by atoms with Crippen molar-refractivity contribution in [3.05, 3.63) is 30.1 Å². The fourth-order valence-electron chi connectivity index (χ4n) is 1.97. The summed E-state index contributed by atoms with van der Waals surface area (Å²) in [6.45, 7) is 4.42. The Kier molecular flexibility index (Phi) is 4.39. The second-order valence-corrected chi connectivity index (χ2v) is 4.52. The molecule has 1 aliphatic heterocycles. The Morgan fingerprint density at radius 3 is 2.65 bits per heavy atom. The van der Waals surface area contributed by atoms with Gasteiger partial charge in [0.15, 0.2) is 0 Å². The molecular formula is C12H17N3OS. The first kappa shape index (κ1) is 12.4. The number of amides is 1. The first-order valence-electron chi connectivity index (χ1n) is 5.85. The van der Waals surface area contributed by atoms with Crippen LogP contribution < -0.4 is 0 Å². The van der Waals surface area contributed by atoms with Gasteiger partial charge in [0, 0.05) is 44.7 Å². The maximum atomic E-state index is 12.1. The van der Waals surface area contributed by atoms with Crippen molar-refractivity contribution < 1.29 is 4.79 Å². The molecule has 0 spiro atoms. The predicted octanol–water partition coefficient (Wildman–Crippen LogP) is 0.769. The topological polar surface area (TPSA) is 36.4 Å². The molecule has 2 rings (SSSR count). The molecule has 92 valence electrons. The predicted molar refractivity (Wildman–Crippen MR) is 70.4 cm³/mol. The molecule has 17 heavy (non-hydrogen) atoms. The van der Waals surface area contributed by atoms with Gasteiger partial charge in [-0.15, -0.1) is 0 Å². The molecule has 4 nitrogen and oxygen atoms in total. The second kappa shape index (κ2) is 6.02. The van der Waals surface area contributed by atoms with E-state index in [1.807, 2.05) is 17.0 Å². The SMILES string of the molecule is O=C(c1ccccn1)N1CCN(CCS)CC1. The van der Waals surface area contributed by atoms with Gasteiger partial charge >= 0.3 is 0 Å². The molecule has 1 aromatic rings. The summed E-state index contributed by atoms with van der Waals surface area (Å²) in [7, 11) is 0. The van der Waals surface area contributed by atoms with Crippen LogP contribution in [0.4, 0.5) is 0 Å². The zero-order valence-corrected chi connectivity index (χ0v) is 10.6. The van der Waals surface area contributed by atoms with E-state index in [0.29, 0.717) is 5.69 Å². The fraction of sp³-hybridized carbons (Fsp3) is 0.500. The molecule has 0 atom stereocenters. The Bertz CT molecular complexity index is 363. The molecule has 1 aliphatic rings. The lowest BCUT2D eigenvalue weighted by molar-refractivity contribution is 0.0639. The zero-order valence-electron chi connectivity index (χ0n) is 9.75. The normalized spacial score (nSPS) is 17.1. The molecule has 0 unspecified atom stereocenters. The largest absolute Gasteiger partial charge is 0.335 e. The quantitative estimate of drug-likeness (QED) is 0.806. The summed E-state index contributed by atoms with van der Waals surface area (Å²) in [5.41, 5.74) is 0.537. The van der Waals surface area contributed by atoms with Crippen LogP contribution in [0.15, 0.2) is 24.4 Å². The van der Waals surface area contributed by atoms with Crippen LogP contribution in [0.3, 0.4) is 0 Å². The van der Waals surface area contributed by atoms with Gasteiger partial charge in [-0.25, -0.2) is 0 Å². The Labute approximate surface area is 107 Å². The number of pyridine rings is 1. The van der Waals surface area contributed by atoms with E-state index in [9.17, 15) is 4.79 Å². The van der Waals surface area contributed by atoms with Gasteiger partial charge in [0.25, 0.3) is 5.91 Å². The van der Waals surface area contributed by atoms with E-state index in [4.69, 9.17) is 0 Å². The van der Waals surface area contributed by atoms with Crippen LogP contribution >= 0.6 is 12.6 Å². The molecule has 0 N–H and O–H groups in total. The van der Waals surface area contributed by atoms with Gasteiger partial charge in [0.1, 0.15) is 5.69 Å². The van der Waals surface area contributed by atoms with Crippen LogP contribution in [-0.2, 0) is 0 Å². The summed E-state index contributed by atoms with van der Waals surface area (Å²) < 4.78 is 0. The number of carbonyl (C=O) groups is 1. The Morgan fingerprint density at radius 1 is 1.29 bits per heavy atom. The van der Waals surface area contributed by atoms with Crippen molar-refractivity contribution in [1.29, 1.82) is 0 Å². The lowest BCUT2D eigenvalue weighted by atomic mass is 10.2. The zero-order chi connectivity index (χ0) is 12.1. The molecule has 2 heterocycles. The van der Waals surface area contributed by atoms with Gasteiger partial charge in [-0.3, -0.25) is 14.7 Å². The summed E-state index contributed by atoms with van der Waals surface area (Å²) in [6.07, 6.45) is 1.66. The highest BCUT2D eigenvalue weighted by Gasteiger charge is 2.21. The molecule has 0 bridgehead atoms. The van der Waals surface area contributed by atoms with E-state index in [1.54, 1.807) is 12.3 Å². The van der Waals surface area contributed by atoms with Crippen LogP contribution in [0, 0.1) is 0 Å². The lowest BCUT2D eigenvalue weighted by Crippen LogP contribution is -2.49. The molecule has 0 saturated carbocycles. The monoisotopic (exact) mass is 251 g/mol. The van der Waals surface area contributed by atoms with E-state index in [2.05, 4.69) is 22.5 Å². The minimum atomic E-state index is 0.0381. The molecule has 5 heteroatoms. The molecule has 1 saturated heterocycles. The first-order chi connectivity index (χ1) is 8.31. The average molecular weight is 251 g/mol. The minimum absolute atomic E-state index is 0.0381. The van der Waals surface area contributed by atoms with E-state index in [-0.39, 0.29) is 5.91 Å². The van der Waals surface area contributed by atoms with Gasteiger partial charge < -0.3 is 4.90 Å².